The van der Waals surface area contributed by atoms with Crippen LogP contribution in [0.3, 0.4) is 0 Å². The fraction of sp³-hybridized carbons (Fsp3) is 0.920. The van der Waals surface area contributed by atoms with Gasteiger partial charge < -0.3 is 10.4 Å². The van der Waals surface area contributed by atoms with E-state index in [4.69, 9.17) is 5.11 Å². The lowest BCUT2D eigenvalue weighted by atomic mass is 9.41. The van der Waals surface area contributed by atoms with Crippen LogP contribution in [-0.4, -0.2) is 23.5 Å². The van der Waals surface area contributed by atoms with Gasteiger partial charge in [-0.25, -0.2) is 0 Å². The quantitative estimate of drug-likeness (QED) is 0.500. The van der Waals surface area contributed by atoms with Crippen LogP contribution in [0.4, 0.5) is 0 Å². The van der Waals surface area contributed by atoms with E-state index in [9.17, 15) is 9.59 Å². The second kappa shape index (κ2) is 9.83. The van der Waals surface area contributed by atoms with E-state index in [1.165, 1.54) is 38.5 Å². The number of nitrogens with one attached hydrogen (secondary N) is 1. The van der Waals surface area contributed by atoms with Crippen molar-refractivity contribution in [2.24, 2.45) is 40.4 Å². The summed E-state index contributed by atoms with van der Waals surface area (Å²) >= 11 is 0. The lowest BCUT2D eigenvalue weighted by Crippen LogP contribution is -2.57. The Hall–Kier alpha value is -1.06. The number of carbonyl (C=O) groups excluding carboxylic acids is 1. The van der Waals surface area contributed by atoms with Gasteiger partial charge in [0.05, 0.1) is 0 Å². The Bertz CT molecular complexity index is 576. The molecule has 0 radical (unpaired) electrons. The Kier molecular flexibility index (Phi) is 8.21. The predicted molar refractivity (Wildman–Crippen MR) is 119 cm³/mol. The molecule has 2 aliphatic carbocycles. The number of carboxylic acid groups (broad SMARTS) is 1. The van der Waals surface area contributed by atoms with E-state index in [1.807, 2.05) is 0 Å². The zero-order chi connectivity index (χ0) is 21.8. The summed E-state index contributed by atoms with van der Waals surface area (Å²) in [6.45, 7) is 14.6. The van der Waals surface area contributed by atoms with Gasteiger partial charge in [0.1, 0.15) is 6.54 Å². The molecule has 2 fully saturated rings. The molecule has 4 heteroatoms. The van der Waals surface area contributed by atoms with Gasteiger partial charge in [-0.3, -0.25) is 9.59 Å². The van der Waals surface area contributed by atoms with Crippen molar-refractivity contribution in [2.45, 2.75) is 99.3 Å². The summed E-state index contributed by atoms with van der Waals surface area (Å²) in [7, 11) is 0. The number of hydrogen-bond donors (Lipinski definition) is 2. The Morgan fingerprint density at radius 1 is 1.24 bits per heavy atom. The molecule has 1 amide bonds. The van der Waals surface area contributed by atoms with Crippen LogP contribution in [-0.2, 0) is 9.59 Å². The Morgan fingerprint density at radius 3 is 2.55 bits per heavy atom. The monoisotopic (exact) mass is 407 g/mol. The van der Waals surface area contributed by atoms with Crippen molar-refractivity contribution in [3.63, 3.8) is 0 Å². The van der Waals surface area contributed by atoms with Gasteiger partial charge in [-0.15, -0.1) is 0 Å². The maximum Gasteiger partial charge on any atom is 0.322 e. The minimum atomic E-state index is -0.982. The van der Waals surface area contributed by atoms with Crippen molar-refractivity contribution in [3.8, 4) is 0 Å². The summed E-state index contributed by atoms with van der Waals surface area (Å²) in [5.41, 5.74) is 0.584. The van der Waals surface area contributed by atoms with Crippen LogP contribution in [0.25, 0.3) is 0 Å². The number of fused-ring (bicyclic) bond motifs is 1. The van der Waals surface area contributed by atoms with Crippen LogP contribution in [0.2, 0.25) is 0 Å². The first-order valence-corrected chi connectivity index (χ1v) is 12.0. The summed E-state index contributed by atoms with van der Waals surface area (Å²) in [6.07, 6.45) is 10.2. The zero-order valence-electron chi connectivity index (χ0n) is 19.7. The Labute approximate surface area is 178 Å². The van der Waals surface area contributed by atoms with E-state index >= 15 is 0 Å². The van der Waals surface area contributed by atoms with Gasteiger partial charge >= 0.3 is 5.97 Å². The maximum absolute atomic E-state index is 12.0. The summed E-state index contributed by atoms with van der Waals surface area (Å²) in [6, 6.07) is 0. The fourth-order valence-corrected chi connectivity index (χ4v) is 7.38. The van der Waals surface area contributed by atoms with Crippen LogP contribution in [0.5, 0.6) is 0 Å². The third-order valence-electron chi connectivity index (χ3n) is 9.32. The SMILES string of the molecule is CCCC(C)C1CC(C)C2(C)C(CCCC2(C)CCCC(=O)NCC(=O)O)C1C. The first kappa shape index (κ1) is 24.2. The summed E-state index contributed by atoms with van der Waals surface area (Å²) in [5, 5.41) is 11.2. The summed E-state index contributed by atoms with van der Waals surface area (Å²) < 4.78 is 0. The fourth-order valence-electron chi connectivity index (χ4n) is 7.38. The van der Waals surface area contributed by atoms with Crippen LogP contribution in [0.1, 0.15) is 99.3 Å². The smallest absolute Gasteiger partial charge is 0.322 e. The number of carbonyl (C=O) groups is 2. The summed E-state index contributed by atoms with van der Waals surface area (Å²) in [4.78, 5) is 22.6. The molecule has 0 aromatic heterocycles. The van der Waals surface area contributed by atoms with Crippen LogP contribution in [0.15, 0.2) is 0 Å². The van der Waals surface area contributed by atoms with Crippen molar-refractivity contribution in [1.82, 2.24) is 5.32 Å². The maximum atomic E-state index is 12.0. The van der Waals surface area contributed by atoms with Crippen molar-refractivity contribution in [2.75, 3.05) is 6.54 Å². The molecule has 0 aromatic carbocycles. The average molecular weight is 408 g/mol. The highest BCUT2D eigenvalue weighted by molar-refractivity contribution is 5.80. The largest absolute Gasteiger partial charge is 0.480 e. The molecule has 168 valence electrons. The molecule has 7 unspecified atom stereocenters. The molecular weight excluding hydrogens is 362 g/mol. The van der Waals surface area contributed by atoms with Gasteiger partial charge in [0.2, 0.25) is 5.91 Å². The van der Waals surface area contributed by atoms with E-state index in [2.05, 4.69) is 46.9 Å². The normalized spacial score (nSPS) is 38.1. The molecule has 0 bridgehead atoms. The number of rotatable bonds is 9. The number of hydrogen-bond acceptors (Lipinski definition) is 2. The van der Waals surface area contributed by atoms with E-state index < -0.39 is 5.97 Å². The van der Waals surface area contributed by atoms with E-state index in [1.54, 1.807) is 0 Å². The third kappa shape index (κ3) is 4.99. The molecule has 0 saturated heterocycles. The average Bonchev–Trinajstić information content (AvgIpc) is 2.65. The van der Waals surface area contributed by atoms with Crippen LogP contribution < -0.4 is 5.32 Å². The van der Waals surface area contributed by atoms with Gasteiger partial charge in [-0.05, 0) is 72.5 Å². The first-order chi connectivity index (χ1) is 13.6. The zero-order valence-corrected chi connectivity index (χ0v) is 19.7. The molecule has 2 rings (SSSR count). The lowest BCUT2D eigenvalue weighted by Gasteiger charge is -2.64. The van der Waals surface area contributed by atoms with Gasteiger partial charge in [0, 0.05) is 6.42 Å². The molecule has 7 atom stereocenters. The van der Waals surface area contributed by atoms with Gasteiger partial charge in [-0.1, -0.05) is 60.8 Å². The van der Waals surface area contributed by atoms with Gasteiger partial charge in [0.25, 0.3) is 0 Å². The highest BCUT2D eigenvalue weighted by atomic mass is 16.4. The molecule has 0 spiro atoms. The second-order valence-electron chi connectivity index (χ2n) is 10.8. The van der Waals surface area contributed by atoms with E-state index in [0.29, 0.717) is 17.8 Å². The number of carboxylic acids is 1. The molecule has 0 aliphatic heterocycles. The molecule has 2 N–H and O–H groups in total. The van der Waals surface area contributed by atoms with Crippen molar-refractivity contribution in [1.29, 1.82) is 0 Å². The van der Waals surface area contributed by atoms with Gasteiger partial charge in [-0.2, -0.15) is 0 Å². The molecule has 2 saturated carbocycles. The Morgan fingerprint density at radius 2 is 1.93 bits per heavy atom. The van der Waals surface area contributed by atoms with Crippen molar-refractivity contribution in [3.05, 3.63) is 0 Å². The molecule has 0 aromatic rings. The molecule has 29 heavy (non-hydrogen) atoms. The highest BCUT2D eigenvalue weighted by Crippen LogP contribution is 2.66. The van der Waals surface area contributed by atoms with Crippen molar-refractivity contribution < 1.29 is 14.7 Å². The minimum absolute atomic E-state index is 0.132. The van der Waals surface area contributed by atoms with E-state index in [0.717, 1.165) is 36.5 Å². The first-order valence-electron chi connectivity index (χ1n) is 12.0. The minimum Gasteiger partial charge on any atom is -0.480 e. The predicted octanol–water partition coefficient (Wildman–Crippen LogP) is 5.90. The lowest BCUT2D eigenvalue weighted by molar-refractivity contribution is -0.154. The van der Waals surface area contributed by atoms with Gasteiger partial charge in [0.15, 0.2) is 0 Å². The topological polar surface area (TPSA) is 66.4 Å². The van der Waals surface area contributed by atoms with Crippen LogP contribution >= 0.6 is 0 Å². The molecule has 4 nitrogen and oxygen atoms in total. The second-order valence-corrected chi connectivity index (χ2v) is 10.8. The third-order valence-corrected chi connectivity index (χ3v) is 9.32. The highest BCUT2D eigenvalue weighted by Gasteiger charge is 2.58. The molecule has 0 heterocycles. The molecular formula is C25H45NO3. The van der Waals surface area contributed by atoms with E-state index in [-0.39, 0.29) is 17.9 Å². The number of aliphatic carboxylic acids is 1. The van der Waals surface area contributed by atoms with Crippen molar-refractivity contribution >= 4 is 11.9 Å². The molecule has 2 aliphatic rings. The Balaban J connectivity index is 2.08. The number of amides is 1. The standard InChI is InChI=1S/C25H45NO3/c1-7-10-17(2)20-15-18(3)25(6)21(19(20)4)11-8-13-24(25,5)14-9-12-22(27)26-16-23(28)29/h17-21H,7-16H2,1-6H3,(H,26,27)(H,28,29). The van der Waals surface area contributed by atoms with Crippen LogP contribution in [0, 0.1) is 40.4 Å². The summed E-state index contributed by atoms with van der Waals surface area (Å²) in [5.74, 6) is 2.79.